The first kappa shape index (κ1) is 32.7. The van der Waals surface area contributed by atoms with Crippen molar-refractivity contribution in [2.45, 2.75) is 135 Å². The number of aliphatic hydroxyl groups is 2. The number of hydrogen-bond donors (Lipinski definition) is 2. The molecule has 0 saturated heterocycles. The molecule has 0 heterocycles. The maximum atomic E-state index is 10.9. The fourth-order valence-electron chi connectivity index (χ4n) is 5.73. The molecular formula is C34H56O3Si. The van der Waals surface area contributed by atoms with Crippen molar-refractivity contribution in [2.24, 2.45) is 0 Å². The minimum absolute atomic E-state index is 0.154. The van der Waals surface area contributed by atoms with Gasteiger partial charge in [-0.05, 0) is 21.8 Å². The van der Waals surface area contributed by atoms with E-state index >= 15 is 0 Å². The highest BCUT2D eigenvalue weighted by Gasteiger charge is 2.52. The summed E-state index contributed by atoms with van der Waals surface area (Å²) in [4.78, 5) is 0. The lowest BCUT2D eigenvalue weighted by atomic mass is 10.0. The van der Waals surface area contributed by atoms with E-state index in [0.29, 0.717) is 0 Å². The Hall–Kier alpha value is -1.46. The Kier molecular flexibility index (Phi) is 15.5. The third-order valence-electron chi connectivity index (χ3n) is 7.95. The summed E-state index contributed by atoms with van der Waals surface area (Å²) >= 11 is 0. The zero-order valence-electron chi connectivity index (χ0n) is 24.8. The van der Waals surface area contributed by atoms with E-state index in [0.717, 1.165) is 19.3 Å². The van der Waals surface area contributed by atoms with Crippen LogP contribution in [0.1, 0.15) is 118 Å². The Morgan fingerprint density at radius 3 is 1.42 bits per heavy atom. The Bertz CT molecular complexity index is 794. The summed E-state index contributed by atoms with van der Waals surface area (Å²) in [5.41, 5.74) is 0. The molecule has 0 amide bonds. The van der Waals surface area contributed by atoms with E-state index in [4.69, 9.17) is 4.43 Å². The smallest absolute Gasteiger partial charge is 0.261 e. The van der Waals surface area contributed by atoms with Gasteiger partial charge in [-0.25, -0.2) is 0 Å². The monoisotopic (exact) mass is 540 g/mol. The van der Waals surface area contributed by atoms with Gasteiger partial charge in [0.25, 0.3) is 8.32 Å². The van der Waals surface area contributed by atoms with Crippen molar-refractivity contribution in [3.8, 4) is 0 Å². The average molecular weight is 541 g/mol. The fraction of sp³-hybridized carbons (Fsp3) is 0.647. The average Bonchev–Trinajstić information content (AvgIpc) is 2.93. The van der Waals surface area contributed by atoms with Crippen LogP contribution in [-0.2, 0) is 4.43 Å². The van der Waals surface area contributed by atoms with Crippen LogP contribution >= 0.6 is 0 Å². The van der Waals surface area contributed by atoms with Crippen LogP contribution in [0.3, 0.4) is 0 Å². The van der Waals surface area contributed by atoms with Gasteiger partial charge in [-0.15, -0.1) is 0 Å². The summed E-state index contributed by atoms with van der Waals surface area (Å²) in [7, 11) is -2.77. The van der Waals surface area contributed by atoms with Gasteiger partial charge in [-0.2, -0.15) is 0 Å². The van der Waals surface area contributed by atoms with Crippen LogP contribution in [0.5, 0.6) is 0 Å². The van der Waals surface area contributed by atoms with Gasteiger partial charge in [-0.1, -0.05) is 172 Å². The highest BCUT2D eigenvalue weighted by Crippen LogP contribution is 2.38. The molecular weight excluding hydrogens is 484 g/mol. The zero-order chi connectivity index (χ0) is 27.7. The van der Waals surface area contributed by atoms with Crippen LogP contribution in [0.2, 0.25) is 5.04 Å². The largest absolute Gasteiger partial charge is 0.402 e. The van der Waals surface area contributed by atoms with Crippen LogP contribution < -0.4 is 10.4 Å². The lowest BCUT2D eigenvalue weighted by molar-refractivity contribution is -0.0101. The Morgan fingerprint density at radius 1 is 0.658 bits per heavy atom. The topological polar surface area (TPSA) is 49.7 Å². The Balaban J connectivity index is 1.96. The Morgan fingerprint density at radius 2 is 1.05 bits per heavy atom. The molecule has 0 bridgehead atoms. The standard InChI is InChI=1S/C34H56O3Si/c1-5-6-7-8-9-10-11-12-13-14-15-16-23-28-33(32(36)29-35)37-38(34(2,3)4,30-24-19-17-20-25-30)31-26-21-18-22-27-31/h17-22,24-27,32-33,35-36H,5-16,23,28-29H2,1-4H3/t32-,33+/m1/s1. The summed E-state index contributed by atoms with van der Waals surface area (Å²) in [6.45, 7) is 8.77. The third kappa shape index (κ3) is 10.3. The molecule has 2 rings (SSSR count). The van der Waals surface area contributed by atoms with Gasteiger partial charge in [0, 0.05) is 0 Å². The van der Waals surface area contributed by atoms with Gasteiger partial charge in [0.05, 0.1) is 12.7 Å². The first-order valence-electron chi connectivity index (χ1n) is 15.4. The van der Waals surface area contributed by atoms with Crippen molar-refractivity contribution < 1.29 is 14.6 Å². The second kappa shape index (κ2) is 18.0. The van der Waals surface area contributed by atoms with E-state index in [-0.39, 0.29) is 17.7 Å². The van der Waals surface area contributed by atoms with Crippen molar-refractivity contribution in [3.63, 3.8) is 0 Å². The highest BCUT2D eigenvalue weighted by molar-refractivity contribution is 6.99. The van der Waals surface area contributed by atoms with Crippen molar-refractivity contribution in [2.75, 3.05) is 6.61 Å². The summed E-state index contributed by atoms with van der Waals surface area (Å²) in [5, 5.41) is 23.1. The molecule has 2 atom stereocenters. The van der Waals surface area contributed by atoms with Crippen molar-refractivity contribution in [3.05, 3.63) is 60.7 Å². The predicted molar refractivity (Wildman–Crippen MR) is 166 cm³/mol. The molecule has 0 aromatic heterocycles. The molecule has 38 heavy (non-hydrogen) atoms. The second-order valence-electron chi connectivity index (χ2n) is 12.1. The minimum atomic E-state index is -2.77. The molecule has 0 fully saturated rings. The third-order valence-corrected chi connectivity index (χ3v) is 13.0. The maximum Gasteiger partial charge on any atom is 0.261 e. The SMILES string of the molecule is CCCCCCCCCCCCCCC[C@H](O[Si](c1ccccc1)(c1ccccc1)C(C)(C)C)[C@H](O)CO. The van der Waals surface area contributed by atoms with Crippen LogP contribution in [0, 0.1) is 0 Å². The molecule has 2 aromatic carbocycles. The van der Waals surface area contributed by atoms with Gasteiger partial charge in [0.1, 0.15) is 6.10 Å². The van der Waals surface area contributed by atoms with Crippen molar-refractivity contribution in [1.29, 1.82) is 0 Å². The van der Waals surface area contributed by atoms with Gasteiger partial charge in [0.2, 0.25) is 0 Å². The second-order valence-corrected chi connectivity index (χ2v) is 16.4. The van der Waals surface area contributed by atoms with Gasteiger partial charge < -0.3 is 14.6 Å². The fourth-order valence-corrected chi connectivity index (χ4v) is 10.5. The summed E-state index contributed by atoms with van der Waals surface area (Å²) < 4.78 is 7.16. The molecule has 2 N–H and O–H groups in total. The molecule has 0 aliphatic heterocycles. The number of unbranched alkanes of at least 4 members (excludes halogenated alkanes) is 12. The van der Waals surface area contributed by atoms with Gasteiger partial charge in [-0.3, -0.25) is 0 Å². The van der Waals surface area contributed by atoms with Crippen LogP contribution in [0.25, 0.3) is 0 Å². The van der Waals surface area contributed by atoms with E-state index in [9.17, 15) is 10.2 Å². The lowest BCUT2D eigenvalue weighted by Crippen LogP contribution is -2.68. The molecule has 0 unspecified atom stereocenters. The molecule has 4 heteroatoms. The van der Waals surface area contributed by atoms with Crippen LogP contribution in [0.4, 0.5) is 0 Å². The zero-order valence-corrected chi connectivity index (χ0v) is 25.8. The van der Waals surface area contributed by atoms with E-state index < -0.39 is 14.4 Å². The number of rotatable bonds is 20. The molecule has 2 aromatic rings. The highest BCUT2D eigenvalue weighted by atomic mass is 28.4. The van der Waals surface area contributed by atoms with Crippen molar-refractivity contribution >= 4 is 18.7 Å². The number of benzene rings is 2. The molecule has 0 aliphatic carbocycles. The molecule has 0 saturated carbocycles. The van der Waals surface area contributed by atoms with Gasteiger partial charge in [0.15, 0.2) is 0 Å². The van der Waals surface area contributed by atoms with E-state index in [1.165, 1.54) is 81.0 Å². The predicted octanol–water partition coefficient (Wildman–Crippen LogP) is 7.77. The normalized spacial score (nSPS) is 13.9. The van der Waals surface area contributed by atoms with Crippen LogP contribution in [-0.4, -0.2) is 37.3 Å². The summed E-state index contributed by atoms with van der Waals surface area (Å²) in [6.07, 6.45) is 16.6. The van der Waals surface area contributed by atoms with E-state index in [1.54, 1.807) is 0 Å². The molecule has 3 nitrogen and oxygen atoms in total. The van der Waals surface area contributed by atoms with E-state index in [2.05, 4.69) is 76.2 Å². The summed E-state index contributed by atoms with van der Waals surface area (Å²) in [5.74, 6) is 0. The molecule has 0 spiro atoms. The van der Waals surface area contributed by atoms with E-state index in [1.807, 2.05) is 12.1 Å². The van der Waals surface area contributed by atoms with Crippen molar-refractivity contribution in [1.82, 2.24) is 0 Å². The minimum Gasteiger partial charge on any atom is -0.402 e. The quantitative estimate of drug-likeness (QED) is 0.133. The molecule has 0 aliphatic rings. The number of hydrogen-bond acceptors (Lipinski definition) is 3. The summed E-state index contributed by atoms with van der Waals surface area (Å²) in [6, 6.07) is 21.1. The first-order valence-corrected chi connectivity index (χ1v) is 17.4. The Labute approximate surface area is 235 Å². The number of aliphatic hydroxyl groups excluding tert-OH is 2. The van der Waals surface area contributed by atoms with Gasteiger partial charge >= 0.3 is 0 Å². The lowest BCUT2D eigenvalue weighted by Gasteiger charge is -2.46. The maximum absolute atomic E-state index is 10.9. The first-order chi connectivity index (χ1) is 18.4. The molecule has 214 valence electrons. The molecule has 0 radical (unpaired) electrons. The van der Waals surface area contributed by atoms with Crippen LogP contribution in [0.15, 0.2) is 60.7 Å².